The van der Waals surface area contributed by atoms with Crippen LogP contribution in [0.15, 0.2) is 53.4 Å². The second-order valence-electron chi connectivity index (χ2n) is 8.06. The highest BCUT2D eigenvalue weighted by molar-refractivity contribution is 5.91. The van der Waals surface area contributed by atoms with Gasteiger partial charge in [0.2, 0.25) is 11.7 Å². The number of carbonyl (C=O) groups excluding carboxylic acids is 1. The fourth-order valence-electron chi connectivity index (χ4n) is 4.35. The van der Waals surface area contributed by atoms with Gasteiger partial charge in [-0.25, -0.2) is 4.98 Å². The Bertz CT molecular complexity index is 992. The van der Waals surface area contributed by atoms with Crippen LogP contribution in [0.3, 0.4) is 0 Å². The summed E-state index contributed by atoms with van der Waals surface area (Å²) in [7, 11) is 0. The van der Waals surface area contributed by atoms with Crippen molar-refractivity contribution in [3.63, 3.8) is 0 Å². The number of hydrogen-bond donors (Lipinski definition) is 1. The van der Waals surface area contributed by atoms with Gasteiger partial charge in [-0.05, 0) is 31.2 Å². The molecule has 2 aromatic heterocycles. The minimum Gasteiger partial charge on any atom is -0.341 e. The Morgan fingerprint density at radius 1 is 1.00 bits per heavy atom. The molecule has 7 nitrogen and oxygen atoms in total. The summed E-state index contributed by atoms with van der Waals surface area (Å²) < 4.78 is 5.66. The highest BCUT2D eigenvalue weighted by atomic mass is 16.5. The average Bonchev–Trinajstić information content (AvgIpc) is 3.45. The molecule has 2 heterocycles. The van der Waals surface area contributed by atoms with Gasteiger partial charge in [-0.1, -0.05) is 54.8 Å². The lowest BCUT2D eigenvalue weighted by atomic mass is 9.80. The molecule has 1 N–H and O–H groups in total. The van der Waals surface area contributed by atoms with Crippen LogP contribution in [0.2, 0.25) is 0 Å². The molecule has 7 heteroatoms. The second-order valence-corrected chi connectivity index (χ2v) is 8.06. The molecule has 2 aliphatic rings. The van der Waals surface area contributed by atoms with E-state index in [-0.39, 0.29) is 5.91 Å². The van der Waals surface area contributed by atoms with E-state index < -0.39 is 11.0 Å². The van der Waals surface area contributed by atoms with E-state index >= 15 is 0 Å². The van der Waals surface area contributed by atoms with Crippen LogP contribution in [0.5, 0.6) is 0 Å². The van der Waals surface area contributed by atoms with Gasteiger partial charge < -0.3 is 9.84 Å². The summed E-state index contributed by atoms with van der Waals surface area (Å²) >= 11 is 0. The highest BCUT2D eigenvalue weighted by Gasteiger charge is 2.54. The fraction of sp³-hybridized carbons (Fsp3) is 0.409. The van der Waals surface area contributed by atoms with E-state index in [1.165, 1.54) is 0 Å². The summed E-state index contributed by atoms with van der Waals surface area (Å²) in [5, 5.41) is 7.45. The summed E-state index contributed by atoms with van der Waals surface area (Å²) in [6.45, 7) is 0. The molecule has 2 saturated carbocycles. The first kappa shape index (κ1) is 18.0. The molecular weight excluding hydrogens is 366 g/mol. The molecule has 1 aromatic carbocycles. The monoisotopic (exact) mass is 389 g/mol. The first-order chi connectivity index (χ1) is 14.2. The Hall–Kier alpha value is -3.09. The zero-order chi connectivity index (χ0) is 19.7. The third-order valence-corrected chi connectivity index (χ3v) is 6.20. The van der Waals surface area contributed by atoms with Crippen molar-refractivity contribution in [3.05, 3.63) is 60.4 Å². The highest BCUT2D eigenvalue weighted by Crippen LogP contribution is 2.49. The Labute approximate surface area is 169 Å². The lowest BCUT2D eigenvalue weighted by Crippen LogP contribution is -2.51. The number of carbonyl (C=O) groups is 1. The molecule has 0 aliphatic heterocycles. The third kappa shape index (κ3) is 3.20. The molecule has 148 valence electrons. The topological polar surface area (TPSA) is 93.8 Å². The van der Waals surface area contributed by atoms with Crippen molar-refractivity contribution in [1.82, 2.24) is 25.4 Å². The molecule has 0 spiro atoms. The average molecular weight is 389 g/mol. The quantitative estimate of drug-likeness (QED) is 0.717. The number of aromatic nitrogens is 4. The van der Waals surface area contributed by atoms with E-state index in [1.807, 2.05) is 30.3 Å². The van der Waals surface area contributed by atoms with Crippen molar-refractivity contribution < 1.29 is 9.32 Å². The molecule has 5 rings (SSSR count). The lowest BCUT2D eigenvalue weighted by molar-refractivity contribution is -0.126. The first-order valence-corrected chi connectivity index (χ1v) is 10.2. The zero-order valence-electron chi connectivity index (χ0n) is 16.2. The maximum atomic E-state index is 13.4. The van der Waals surface area contributed by atoms with Crippen LogP contribution in [0.4, 0.5) is 0 Å². The van der Waals surface area contributed by atoms with Crippen molar-refractivity contribution in [3.8, 4) is 11.5 Å². The van der Waals surface area contributed by atoms with Crippen molar-refractivity contribution in [2.24, 2.45) is 0 Å². The van der Waals surface area contributed by atoms with Crippen LogP contribution < -0.4 is 5.32 Å². The van der Waals surface area contributed by atoms with E-state index in [9.17, 15) is 4.79 Å². The largest absolute Gasteiger partial charge is 0.341 e. The standard InChI is InChI=1S/C22H23N5O2/c28-19(21(11-12-21)16-7-3-1-4-8-16)26-22(9-5-2-6-10-22)20-25-18(27-29-20)17-15-23-13-14-24-17/h1,3-4,7-8,13-15H,2,5-6,9-12H2,(H,26,28). The molecule has 0 radical (unpaired) electrons. The molecule has 0 atom stereocenters. The number of rotatable bonds is 5. The van der Waals surface area contributed by atoms with Crippen molar-refractivity contribution in [2.45, 2.75) is 55.9 Å². The summed E-state index contributed by atoms with van der Waals surface area (Å²) in [5.74, 6) is 0.927. The predicted octanol–water partition coefficient (Wildman–Crippen LogP) is 3.53. The smallest absolute Gasteiger partial charge is 0.252 e. The van der Waals surface area contributed by atoms with E-state index in [1.54, 1.807) is 18.6 Å². The van der Waals surface area contributed by atoms with Gasteiger partial charge in [0.05, 0.1) is 11.6 Å². The molecule has 0 bridgehead atoms. The van der Waals surface area contributed by atoms with Crippen LogP contribution in [-0.4, -0.2) is 26.0 Å². The summed E-state index contributed by atoms with van der Waals surface area (Å²) in [5.41, 5.74) is 0.587. The summed E-state index contributed by atoms with van der Waals surface area (Å²) in [6.07, 6.45) is 11.3. The van der Waals surface area contributed by atoms with Crippen LogP contribution in [0.1, 0.15) is 56.4 Å². The van der Waals surface area contributed by atoms with Gasteiger partial charge in [0.1, 0.15) is 11.2 Å². The molecule has 0 unspecified atom stereocenters. The lowest BCUT2D eigenvalue weighted by Gasteiger charge is -2.36. The molecule has 3 aromatic rings. The van der Waals surface area contributed by atoms with Crippen LogP contribution in [0, 0.1) is 0 Å². The maximum Gasteiger partial charge on any atom is 0.252 e. The SMILES string of the molecule is O=C(NC1(c2nc(-c3cnccn3)no2)CCCCC1)C1(c2ccccc2)CC1. The van der Waals surface area contributed by atoms with Crippen LogP contribution in [-0.2, 0) is 15.7 Å². The van der Waals surface area contributed by atoms with E-state index in [4.69, 9.17) is 4.52 Å². The summed E-state index contributed by atoms with van der Waals surface area (Å²) in [6, 6.07) is 10.0. The molecule has 1 amide bonds. The van der Waals surface area contributed by atoms with Crippen molar-refractivity contribution in [2.75, 3.05) is 0 Å². The van der Waals surface area contributed by atoms with Crippen molar-refractivity contribution in [1.29, 1.82) is 0 Å². The minimum atomic E-state index is -0.618. The molecule has 29 heavy (non-hydrogen) atoms. The van der Waals surface area contributed by atoms with Gasteiger partial charge in [0.15, 0.2) is 0 Å². The molecule has 2 fully saturated rings. The minimum absolute atomic E-state index is 0.0600. The maximum absolute atomic E-state index is 13.4. The molecular formula is C22H23N5O2. The van der Waals surface area contributed by atoms with E-state index in [0.717, 1.165) is 50.5 Å². The third-order valence-electron chi connectivity index (χ3n) is 6.20. The number of amides is 1. The second kappa shape index (κ2) is 7.06. The van der Waals surface area contributed by atoms with Gasteiger partial charge in [-0.15, -0.1) is 0 Å². The summed E-state index contributed by atoms with van der Waals surface area (Å²) in [4.78, 5) is 26.4. The van der Waals surface area contributed by atoms with Crippen LogP contribution in [0.25, 0.3) is 11.5 Å². The van der Waals surface area contributed by atoms with E-state index in [0.29, 0.717) is 17.4 Å². The number of nitrogens with zero attached hydrogens (tertiary/aromatic N) is 4. The van der Waals surface area contributed by atoms with Gasteiger partial charge >= 0.3 is 0 Å². The Balaban J connectivity index is 1.45. The van der Waals surface area contributed by atoms with Gasteiger partial charge in [-0.2, -0.15) is 4.98 Å². The number of nitrogens with one attached hydrogen (secondary N) is 1. The Kier molecular flexibility index (Phi) is 4.38. The Morgan fingerprint density at radius 3 is 2.48 bits per heavy atom. The van der Waals surface area contributed by atoms with Gasteiger partial charge in [0.25, 0.3) is 5.89 Å². The molecule has 2 aliphatic carbocycles. The van der Waals surface area contributed by atoms with Gasteiger partial charge in [0, 0.05) is 12.4 Å². The van der Waals surface area contributed by atoms with Gasteiger partial charge in [-0.3, -0.25) is 9.78 Å². The van der Waals surface area contributed by atoms with Crippen molar-refractivity contribution >= 4 is 5.91 Å². The first-order valence-electron chi connectivity index (χ1n) is 10.2. The number of benzene rings is 1. The predicted molar refractivity (Wildman–Crippen MR) is 106 cm³/mol. The number of hydrogen-bond acceptors (Lipinski definition) is 6. The normalized spacial score (nSPS) is 19.4. The fourth-order valence-corrected chi connectivity index (χ4v) is 4.35. The Morgan fingerprint density at radius 2 is 1.79 bits per heavy atom. The zero-order valence-corrected chi connectivity index (χ0v) is 16.2. The van der Waals surface area contributed by atoms with Crippen LogP contribution >= 0.6 is 0 Å². The molecule has 0 saturated heterocycles. The van der Waals surface area contributed by atoms with E-state index in [2.05, 4.69) is 25.4 Å².